The van der Waals surface area contributed by atoms with E-state index < -0.39 is 0 Å². The van der Waals surface area contributed by atoms with Gasteiger partial charge in [0.25, 0.3) is 0 Å². The highest BCUT2D eigenvalue weighted by Crippen LogP contribution is 2.17. The van der Waals surface area contributed by atoms with Crippen LogP contribution in [-0.4, -0.2) is 88.4 Å². The number of unbranched alkanes of at least 4 members (excludes halogenated alkanes) is 1. The first-order valence-corrected chi connectivity index (χ1v) is 10.3. The Labute approximate surface area is 187 Å². The van der Waals surface area contributed by atoms with Gasteiger partial charge < -0.3 is 19.9 Å². The number of guanidine groups is 1. The van der Waals surface area contributed by atoms with Crippen LogP contribution in [0.15, 0.2) is 35.3 Å². The van der Waals surface area contributed by atoms with E-state index in [-0.39, 0.29) is 24.0 Å². The quantitative estimate of drug-likeness (QED) is 0.269. The molecule has 3 rings (SSSR count). The van der Waals surface area contributed by atoms with Crippen molar-refractivity contribution in [3.05, 3.63) is 30.3 Å². The molecule has 2 aliphatic heterocycles. The van der Waals surface area contributed by atoms with Crippen molar-refractivity contribution in [3.63, 3.8) is 0 Å². The highest BCUT2D eigenvalue weighted by atomic mass is 127. The smallest absolute Gasteiger partial charge is 0.193 e. The molecule has 2 heterocycles. The molecule has 0 bridgehead atoms. The third-order valence-corrected chi connectivity index (χ3v) is 5.64. The third kappa shape index (κ3) is 6.77. The Kier molecular flexibility index (Phi) is 10.4. The monoisotopic (exact) mass is 501 g/mol. The van der Waals surface area contributed by atoms with Crippen molar-refractivity contribution in [2.24, 2.45) is 4.99 Å². The number of likely N-dealkylation sites (tertiary alicyclic amines) is 1. The lowest BCUT2D eigenvalue weighted by Gasteiger charge is -2.32. The molecule has 2 saturated heterocycles. The molecule has 0 radical (unpaired) electrons. The SMILES string of the molecule is CN=C(NCCCCN(C)c1ccccc1)N1CCC(N2CCOCC2)C1.I. The van der Waals surface area contributed by atoms with E-state index in [0.29, 0.717) is 6.04 Å². The Morgan fingerprint density at radius 1 is 1.18 bits per heavy atom. The molecular formula is C21H36IN5O. The van der Waals surface area contributed by atoms with Crippen molar-refractivity contribution in [3.8, 4) is 0 Å². The van der Waals surface area contributed by atoms with Gasteiger partial charge in [0.05, 0.1) is 13.2 Å². The van der Waals surface area contributed by atoms with Crippen LogP contribution in [0.25, 0.3) is 0 Å². The van der Waals surface area contributed by atoms with Gasteiger partial charge in [-0.05, 0) is 31.4 Å². The number of aliphatic imine (C=N–C) groups is 1. The number of ether oxygens (including phenoxy) is 1. The van der Waals surface area contributed by atoms with Crippen molar-refractivity contribution in [2.75, 3.05) is 71.5 Å². The minimum atomic E-state index is 0. The second-order valence-corrected chi connectivity index (χ2v) is 7.48. The van der Waals surface area contributed by atoms with E-state index >= 15 is 0 Å². The fourth-order valence-corrected chi connectivity index (χ4v) is 3.99. The predicted molar refractivity (Wildman–Crippen MR) is 128 cm³/mol. The van der Waals surface area contributed by atoms with Crippen LogP contribution in [-0.2, 0) is 4.74 Å². The molecule has 1 N–H and O–H groups in total. The minimum absolute atomic E-state index is 0. The average Bonchev–Trinajstić information content (AvgIpc) is 3.22. The van der Waals surface area contributed by atoms with Crippen LogP contribution in [0.3, 0.4) is 0 Å². The molecule has 1 aromatic rings. The van der Waals surface area contributed by atoms with Crippen molar-refractivity contribution < 1.29 is 4.74 Å². The first kappa shape index (κ1) is 23.2. The van der Waals surface area contributed by atoms with E-state index in [4.69, 9.17) is 4.74 Å². The summed E-state index contributed by atoms with van der Waals surface area (Å²) in [6.07, 6.45) is 3.55. The summed E-state index contributed by atoms with van der Waals surface area (Å²) in [4.78, 5) is 11.8. The van der Waals surface area contributed by atoms with Crippen molar-refractivity contribution >= 4 is 35.6 Å². The first-order chi connectivity index (χ1) is 13.3. The highest BCUT2D eigenvalue weighted by molar-refractivity contribution is 14.0. The van der Waals surface area contributed by atoms with E-state index in [0.717, 1.165) is 64.9 Å². The summed E-state index contributed by atoms with van der Waals surface area (Å²) in [5.74, 6) is 1.06. The van der Waals surface area contributed by atoms with Gasteiger partial charge >= 0.3 is 0 Å². The molecule has 2 fully saturated rings. The number of hydrogen-bond acceptors (Lipinski definition) is 4. The van der Waals surface area contributed by atoms with Gasteiger partial charge in [0.15, 0.2) is 5.96 Å². The summed E-state index contributed by atoms with van der Waals surface area (Å²) in [6, 6.07) is 11.2. The largest absolute Gasteiger partial charge is 0.379 e. The van der Waals surface area contributed by atoms with Crippen LogP contribution in [0.5, 0.6) is 0 Å². The Bertz CT molecular complexity index is 579. The first-order valence-electron chi connectivity index (χ1n) is 10.3. The zero-order chi connectivity index (χ0) is 18.9. The van der Waals surface area contributed by atoms with Crippen LogP contribution in [0.1, 0.15) is 19.3 Å². The van der Waals surface area contributed by atoms with Crippen LogP contribution in [0.4, 0.5) is 5.69 Å². The van der Waals surface area contributed by atoms with E-state index in [1.54, 1.807) is 0 Å². The van der Waals surface area contributed by atoms with Gasteiger partial charge in [-0.3, -0.25) is 9.89 Å². The third-order valence-electron chi connectivity index (χ3n) is 5.64. The van der Waals surface area contributed by atoms with E-state index in [2.05, 4.69) is 62.4 Å². The summed E-state index contributed by atoms with van der Waals surface area (Å²) in [7, 11) is 4.06. The number of nitrogens with one attached hydrogen (secondary N) is 1. The average molecular weight is 501 g/mol. The molecule has 28 heavy (non-hydrogen) atoms. The maximum absolute atomic E-state index is 5.48. The van der Waals surface area contributed by atoms with Crippen LogP contribution in [0, 0.1) is 0 Å². The fraction of sp³-hybridized carbons (Fsp3) is 0.667. The molecular weight excluding hydrogens is 465 g/mol. The Balaban J connectivity index is 0.00000280. The summed E-state index contributed by atoms with van der Waals surface area (Å²) >= 11 is 0. The number of benzene rings is 1. The molecule has 0 amide bonds. The number of hydrogen-bond donors (Lipinski definition) is 1. The lowest BCUT2D eigenvalue weighted by Crippen LogP contribution is -2.46. The molecule has 158 valence electrons. The molecule has 0 aromatic heterocycles. The van der Waals surface area contributed by atoms with E-state index in [1.165, 1.54) is 18.5 Å². The number of morpholine rings is 1. The summed E-state index contributed by atoms with van der Waals surface area (Å²) < 4.78 is 5.48. The fourth-order valence-electron chi connectivity index (χ4n) is 3.99. The number of rotatable bonds is 7. The summed E-state index contributed by atoms with van der Waals surface area (Å²) in [5.41, 5.74) is 1.28. The normalized spacial score (nSPS) is 20.7. The molecule has 1 atom stereocenters. The predicted octanol–water partition coefficient (Wildman–Crippen LogP) is 2.50. The van der Waals surface area contributed by atoms with Gasteiger partial charge in [-0.25, -0.2) is 0 Å². The van der Waals surface area contributed by atoms with Crippen LogP contribution < -0.4 is 10.2 Å². The van der Waals surface area contributed by atoms with Crippen molar-refractivity contribution in [1.82, 2.24) is 15.1 Å². The number of para-hydroxylation sites is 1. The molecule has 1 unspecified atom stereocenters. The van der Waals surface area contributed by atoms with E-state index in [1.807, 2.05) is 7.05 Å². The standard InChI is InChI=1S/C21H35N5O.HI/c1-22-21(26-13-10-20(18-26)25-14-16-27-17-15-25)23-11-6-7-12-24(2)19-8-4-3-5-9-19;/h3-5,8-9,20H,6-7,10-18H2,1-2H3,(H,22,23);1H. The van der Waals surface area contributed by atoms with Gasteiger partial charge in [0.2, 0.25) is 0 Å². The summed E-state index contributed by atoms with van der Waals surface area (Å²) in [6.45, 7) is 8.12. The minimum Gasteiger partial charge on any atom is -0.379 e. The Morgan fingerprint density at radius 2 is 1.93 bits per heavy atom. The van der Waals surface area contributed by atoms with Crippen LogP contribution >= 0.6 is 24.0 Å². The zero-order valence-corrected chi connectivity index (χ0v) is 19.7. The highest BCUT2D eigenvalue weighted by Gasteiger charge is 2.30. The second-order valence-electron chi connectivity index (χ2n) is 7.48. The van der Waals surface area contributed by atoms with E-state index in [9.17, 15) is 0 Å². The lowest BCUT2D eigenvalue weighted by atomic mass is 10.2. The van der Waals surface area contributed by atoms with Crippen molar-refractivity contribution in [2.45, 2.75) is 25.3 Å². The molecule has 7 heteroatoms. The molecule has 6 nitrogen and oxygen atoms in total. The molecule has 0 aliphatic carbocycles. The van der Waals surface area contributed by atoms with Gasteiger partial charge in [-0.1, -0.05) is 18.2 Å². The molecule has 1 aromatic carbocycles. The zero-order valence-electron chi connectivity index (χ0n) is 17.3. The van der Waals surface area contributed by atoms with Gasteiger partial charge in [0.1, 0.15) is 0 Å². The number of anilines is 1. The Morgan fingerprint density at radius 3 is 2.64 bits per heavy atom. The van der Waals surface area contributed by atoms with Gasteiger partial charge in [0, 0.05) is 65.1 Å². The topological polar surface area (TPSA) is 43.3 Å². The van der Waals surface area contributed by atoms with Crippen LogP contribution in [0.2, 0.25) is 0 Å². The lowest BCUT2D eigenvalue weighted by molar-refractivity contribution is 0.0195. The van der Waals surface area contributed by atoms with Gasteiger partial charge in [-0.2, -0.15) is 0 Å². The number of nitrogens with zero attached hydrogens (tertiary/aromatic N) is 4. The second kappa shape index (κ2) is 12.5. The number of halogens is 1. The molecule has 0 saturated carbocycles. The maximum Gasteiger partial charge on any atom is 0.193 e. The Hall–Kier alpha value is -1.06. The molecule has 2 aliphatic rings. The van der Waals surface area contributed by atoms with Crippen molar-refractivity contribution in [1.29, 1.82) is 0 Å². The maximum atomic E-state index is 5.48. The van der Waals surface area contributed by atoms with Gasteiger partial charge in [-0.15, -0.1) is 24.0 Å². The summed E-state index contributed by atoms with van der Waals surface area (Å²) in [5, 5.41) is 3.56. The molecule has 0 spiro atoms.